The molecule has 0 spiro atoms. The number of fused-ring (bicyclic) bond motifs is 5. The quantitative estimate of drug-likeness (QED) is 0.490. The van der Waals surface area contributed by atoms with Gasteiger partial charge < -0.3 is 4.74 Å². The average Bonchev–Trinajstić information content (AvgIpc) is 2.98. The molecule has 3 nitrogen and oxygen atoms in total. The Bertz CT molecular complexity index is 715. The second-order valence-electron chi connectivity index (χ2n) is 9.56. The van der Waals surface area contributed by atoms with Crippen LogP contribution in [-0.2, 0) is 14.3 Å². The van der Waals surface area contributed by atoms with E-state index in [9.17, 15) is 9.59 Å². The Morgan fingerprint density at radius 3 is 2.50 bits per heavy atom. The molecule has 0 N–H and O–H groups in total. The number of ether oxygens (including phenoxy) is 1. The fraction of sp³-hybridized carbons (Fsp3) is 0.739. The standard InChI is InChI=1S/C23H32O3/c1-14(21(25)26-4)18-7-8-19-17-6-5-15-13-16(24)9-11-22(15,2)20(17)10-12-23(18,19)3/h13,17,19-20H,5-12H2,1-4H3/b18-14-/t17-,19-,20-,22-,23+/m0/s1. The molecule has 5 atom stereocenters. The first-order chi connectivity index (χ1) is 12.3. The van der Waals surface area contributed by atoms with Gasteiger partial charge in [-0.2, -0.15) is 0 Å². The summed E-state index contributed by atoms with van der Waals surface area (Å²) in [7, 11) is 1.48. The summed E-state index contributed by atoms with van der Waals surface area (Å²) in [5.41, 5.74) is 4.02. The number of rotatable bonds is 1. The van der Waals surface area contributed by atoms with Gasteiger partial charge in [-0.25, -0.2) is 4.79 Å². The van der Waals surface area contributed by atoms with E-state index < -0.39 is 0 Å². The van der Waals surface area contributed by atoms with Crippen LogP contribution in [0.5, 0.6) is 0 Å². The largest absolute Gasteiger partial charge is 0.466 e. The molecule has 0 bridgehead atoms. The fourth-order valence-electron chi connectivity index (χ4n) is 7.26. The summed E-state index contributed by atoms with van der Waals surface area (Å²) in [6.45, 7) is 6.79. The van der Waals surface area contributed by atoms with Crippen molar-refractivity contribution in [2.75, 3.05) is 7.11 Å². The first-order valence-corrected chi connectivity index (χ1v) is 10.3. The van der Waals surface area contributed by atoms with Gasteiger partial charge in [0.1, 0.15) is 0 Å². The average molecular weight is 357 g/mol. The molecule has 0 heterocycles. The van der Waals surface area contributed by atoms with Crippen molar-refractivity contribution >= 4 is 11.8 Å². The number of methoxy groups -OCH3 is 1. The molecule has 0 aromatic heterocycles. The summed E-state index contributed by atoms with van der Waals surface area (Å²) >= 11 is 0. The summed E-state index contributed by atoms with van der Waals surface area (Å²) in [5, 5.41) is 0. The van der Waals surface area contributed by atoms with E-state index >= 15 is 0 Å². The predicted octanol–water partition coefficient (Wildman–Crippen LogP) is 5.01. The topological polar surface area (TPSA) is 43.4 Å². The van der Waals surface area contributed by atoms with E-state index in [1.807, 2.05) is 13.0 Å². The van der Waals surface area contributed by atoms with Crippen molar-refractivity contribution in [3.05, 3.63) is 22.8 Å². The van der Waals surface area contributed by atoms with E-state index in [1.165, 1.54) is 43.9 Å². The van der Waals surface area contributed by atoms with Gasteiger partial charge >= 0.3 is 5.97 Å². The Kier molecular flexibility index (Phi) is 4.20. The number of carbonyl (C=O) groups excluding carboxylic acids is 2. The van der Waals surface area contributed by atoms with Crippen molar-refractivity contribution < 1.29 is 14.3 Å². The van der Waals surface area contributed by atoms with Gasteiger partial charge in [0.05, 0.1) is 7.11 Å². The van der Waals surface area contributed by atoms with Gasteiger partial charge in [0, 0.05) is 12.0 Å². The molecule has 0 amide bonds. The number of esters is 1. The number of hydrogen-bond acceptors (Lipinski definition) is 3. The van der Waals surface area contributed by atoms with Crippen LogP contribution in [0, 0.1) is 28.6 Å². The highest BCUT2D eigenvalue weighted by molar-refractivity contribution is 5.91. The van der Waals surface area contributed by atoms with Crippen LogP contribution in [0.1, 0.15) is 72.1 Å². The van der Waals surface area contributed by atoms with Gasteiger partial charge in [0.2, 0.25) is 0 Å². The van der Waals surface area contributed by atoms with E-state index in [-0.39, 0.29) is 16.8 Å². The van der Waals surface area contributed by atoms with E-state index in [1.54, 1.807) is 0 Å². The maximum atomic E-state index is 12.1. The van der Waals surface area contributed by atoms with E-state index in [2.05, 4.69) is 13.8 Å². The third-order valence-electron chi connectivity index (χ3n) is 8.69. The predicted molar refractivity (Wildman–Crippen MR) is 101 cm³/mol. The summed E-state index contributed by atoms with van der Waals surface area (Å²) in [4.78, 5) is 24.1. The van der Waals surface area contributed by atoms with E-state index in [4.69, 9.17) is 4.74 Å². The van der Waals surface area contributed by atoms with Crippen LogP contribution in [0.15, 0.2) is 22.8 Å². The highest BCUT2D eigenvalue weighted by Crippen LogP contribution is 2.66. The van der Waals surface area contributed by atoms with E-state index in [0.717, 1.165) is 37.2 Å². The zero-order valence-corrected chi connectivity index (χ0v) is 16.7. The summed E-state index contributed by atoms with van der Waals surface area (Å²) in [5.74, 6) is 2.28. The van der Waals surface area contributed by atoms with E-state index in [0.29, 0.717) is 17.6 Å². The van der Waals surface area contributed by atoms with Crippen molar-refractivity contribution in [2.24, 2.45) is 28.6 Å². The molecule has 142 valence electrons. The first kappa shape index (κ1) is 18.0. The molecule has 4 rings (SSSR count). The van der Waals surface area contributed by atoms with Gasteiger partial charge in [0.25, 0.3) is 0 Å². The minimum Gasteiger partial charge on any atom is -0.466 e. The Balaban J connectivity index is 1.68. The van der Waals surface area contributed by atoms with Crippen molar-refractivity contribution in [3.8, 4) is 0 Å². The second kappa shape index (κ2) is 6.07. The SMILES string of the molecule is COC(=O)/C(C)=C1/CC[C@H]2[C@@H]3CCC4=CC(=O)CC[C@]4(C)[C@H]3CC[C@]12C. The second-order valence-corrected chi connectivity index (χ2v) is 9.56. The fourth-order valence-corrected chi connectivity index (χ4v) is 7.26. The minimum absolute atomic E-state index is 0.154. The third kappa shape index (κ3) is 2.38. The molecule has 26 heavy (non-hydrogen) atoms. The summed E-state index contributed by atoms with van der Waals surface area (Å²) in [6, 6.07) is 0. The van der Waals surface area contributed by atoms with Crippen LogP contribution in [0.3, 0.4) is 0 Å². The number of carbonyl (C=O) groups is 2. The van der Waals surface area contributed by atoms with Gasteiger partial charge in [-0.1, -0.05) is 25.0 Å². The lowest BCUT2D eigenvalue weighted by Crippen LogP contribution is -2.49. The van der Waals surface area contributed by atoms with Gasteiger partial charge in [-0.3, -0.25) is 4.79 Å². The van der Waals surface area contributed by atoms with Crippen LogP contribution in [0.2, 0.25) is 0 Å². The molecule has 0 aliphatic heterocycles. The molecule has 4 aliphatic rings. The molecule has 3 heteroatoms. The molecule has 0 unspecified atom stereocenters. The molecule has 3 fully saturated rings. The summed E-state index contributed by atoms with van der Waals surface area (Å²) in [6.07, 6.45) is 10.7. The molecular weight excluding hydrogens is 324 g/mol. The monoisotopic (exact) mass is 356 g/mol. The molecule has 0 aromatic carbocycles. The van der Waals surface area contributed by atoms with Crippen molar-refractivity contribution in [1.82, 2.24) is 0 Å². The maximum Gasteiger partial charge on any atom is 0.333 e. The zero-order valence-electron chi connectivity index (χ0n) is 16.7. The first-order valence-electron chi connectivity index (χ1n) is 10.3. The molecule has 3 saturated carbocycles. The highest BCUT2D eigenvalue weighted by Gasteiger charge is 2.57. The Labute approximate surface area is 157 Å². The highest BCUT2D eigenvalue weighted by atomic mass is 16.5. The van der Waals surface area contributed by atoms with Crippen molar-refractivity contribution in [2.45, 2.75) is 72.1 Å². The number of allylic oxidation sites excluding steroid dienone is 2. The third-order valence-corrected chi connectivity index (χ3v) is 8.69. The summed E-state index contributed by atoms with van der Waals surface area (Å²) < 4.78 is 5.02. The van der Waals surface area contributed by atoms with Crippen LogP contribution in [0.25, 0.3) is 0 Å². The Hall–Kier alpha value is -1.38. The molecule has 0 aromatic rings. The van der Waals surface area contributed by atoms with Gasteiger partial charge in [0.15, 0.2) is 5.78 Å². The van der Waals surface area contributed by atoms with Crippen molar-refractivity contribution in [1.29, 1.82) is 0 Å². The van der Waals surface area contributed by atoms with Gasteiger partial charge in [-0.15, -0.1) is 0 Å². The smallest absolute Gasteiger partial charge is 0.333 e. The molecule has 0 saturated heterocycles. The Morgan fingerprint density at radius 2 is 1.77 bits per heavy atom. The number of hydrogen-bond donors (Lipinski definition) is 0. The van der Waals surface area contributed by atoms with Gasteiger partial charge in [-0.05, 0) is 86.5 Å². The Morgan fingerprint density at radius 1 is 1.04 bits per heavy atom. The van der Waals surface area contributed by atoms with Crippen LogP contribution >= 0.6 is 0 Å². The zero-order chi connectivity index (χ0) is 18.7. The lowest BCUT2D eigenvalue weighted by atomic mass is 9.47. The molecule has 0 radical (unpaired) electrons. The minimum atomic E-state index is -0.157. The normalized spacial score (nSPS) is 43.8. The lowest BCUT2D eigenvalue weighted by molar-refractivity contribution is -0.136. The maximum absolute atomic E-state index is 12.1. The van der Waals surface area contributed by atoms with Crippen LogP contribution in [-0.4, -0.2) is 18.9 Å². The number of ketones is 1. The molecular formula is C23H32O3. The molecule has 4 aliphatic carbocycles. The van der Waals surface area contributed by atoms with Crippen molar-refractivity contribution in [3.63, 3.8) is 0 Å². The lowest BCUT2D eigenvalue weighted by Gasteiger charge is -2.57. The van der Waals surface area contributed by atoms with Crippen LogP contribution in [0.4, 0.5) is 0 Å². The van der Waals surface area contributed by atoms with Crippen LogP contribution < -0.4 is 0 Å².